The van der Waals surface area contributed by atoms with E-state index in [0.717, 1.165) is 11.3 Å². The highest BCUT2D eigenvalue weighted by atomic mass is 35.5. The number of methoxy groups -OCH3 is 1. The van der Waals surface area contributed by atoms with Crippen molar-refractivity contribution in [3.8, 4) is 12.3 Å². The number of aromatic nitrogens is 2. The first kappa shape index (κ1) is 27.2. The van der Waals surface area contributed by atoms with Gasteiger partial charge in [0.05, 0.1) is 28.2 Å². The van der Waals surface area contributed by atoms with E-state index >= 15 is 0 Å². The number of terminal acetylenes is 1. The number of benzene rings is 1. The fourth-order valence-corrected chi connectivity index (χ4v) is 2.13. The Labute approximate surface area is 185 Å². The summed E-state index contributed by atoms with van der Waals surface area (Å²) in [5, 5.41) is 14.9. The van der Waals surface area contributed by atoms with Gasteiger partial charge in [-0.1, -0.05) is 62.9 Å². The van der Waals surface area contributed by atoms with Crippen molar-refractivity contribution in [1.29, 1.82) is 5.41 Å². The Morgan fingerprint density at radius 1 is 1.40 bits per heavy atom. The van der Waals surface area contributed by atoms with Crippen LogP contribution in [0.4, 0.5) is 0 Å². The number of allylic oxidation sites excluding steroid dienone is 2. The molecule has 1 atom stereocenters. The van der Waals surface area contributed by atoms with Crippen LogP contribution in [0.25, 0.3) is 5.70 Å². The minimum Gasteiger partial charge on any atom is -0.397 e. The summed E-state index contributed by atoms with van der Waals surface area (Å²) in [6.45, 7) is 11.7. The van der Waals surface area contributed by atoms with Gasteiger partial charge in [0, 0.05) is 18.2 Å². The van der Waals surface area contributed by atoms with E-state index < -0.39 is 0 Å². The maximum absolute atomic E-state index is 7.66. The van der Waals surface area contributed by atoms with E-state index in [1.807, 2.05) is 26.0 Å². The number of ether oxygens (including phenoxy) is 1. The smallest absolute Gasteiger partial charge is 0.107 e. The lowest BCUT2D eigenvalue weighted by molar-refractivity contribution is 0.116. The van der Waals surface area contributed by atoms with E-state index in [4.69, 9.17) is 33.9 Å². The van der Waals surface area contributed by atoms with Crippen molar-refractivity contribution in [3.05, 3.63) is 70.5 Å². The van der Waals surface area contributed by atoms with Crippen LogP contribution in [-0.2, 0) is 4.74 Å². The third kappa shape index (κ3) is 9.60. The molecule has 0 aliphatic heterocycles. The van der Waals surface area contributed by atoms with Crippen molar-refractivity contribution in [2.45, 2.75) is 46.6 Å². The molecule has 30 heavy (non-hydrogen) atoms. The summed E-state index contributed by atoms with van der Waals surface area (Å²) >= 11 is 5.91. The number of halogens is 1. The zero-order valence-corrected chi connectivity index (χ0v) is 19.3. The van der Waals surface area contributed by atoms with Gasteiger partial charge < -0.3 is 15.9 Å². The number of nitrogens with zero attached hydrogens (tertiary/aromatic N) is 1. The van der Waals surface area contributed by atoms with Gasteiger partial charge in [-0.05, 0) is 38.1 Å². The zero-order valence-electron chi connectivity index (χ0n) is 18.6. The molecule has 0 amide bonds. The van der Waals surface area contributed by atoms with Crippen LogP contribution in [-0.4, -0.2) is 23.0 Å². The number of unbranched alkanes of at least 4 members (excludes halogenated alkanes) is 1. The Balaban J connectivity index is 0.000000481. The van der Waals surface area contributed by atoms with Crippen molar-refractivity contribution in [2.75, 3.05) is 7.11 Å². The largest absolute Gasteiger partial charge is 0.397 e. The Bertz CT molecular complexity index is 876. The van der Waals surface area contributed by atoms with Gasteiger partial charge in [-0.15, -0.1) is 6.42 Å². The molecular formula is C24H33ClN4O. The van der Waals surface area contributed by atoms with Gasteiger partial charge >= 0.3 is 0 Å². The van der Waals surface area contributed by atoms with E-state index in [9.17, 15) is 0 Å². The normalized spacial score (nSPS) is 10.8. The summed E-state index contributed by atoms with van der Waals surface area (Å²) in [5.41, 5.74) is 9.34. The third-order valence-corrected chi connectivity index (χ3v) is 4.30. The molecule has 5 nitrogen and oxygen atoms in total. The molecule has 1 heterocycles. The standard InChI is InChI=1S/C12H10ClN.C8H13N3O.C4H10/c1-3-5-12(14)10-7-6-9(4-2)11(13)8-10;1-5(9)7-4-8(11-10-7)6(2)12-3;1-3-4-2/h2-3,5-8,14H,1H3;4,6H,1,9H2,2-3H3,(H,10,11);3-4H2,1-2H3/b5-3-,14-12?;;. The molecular weight excluding hydrogens is 396 g/mol. The monoisotopic (exact) mass is 428 g/mol. The second kappa shape index (κ2) is 15.1. The predicted molar refractivity (Wildman–Crippen MR) is 129 cm³/mol. The second-order valence-electron chi connectivity index (χ2n) is 6.36. The first-order valence-electron chi connectivity index (χ1n) is 9.76. The Morgan fingerprint density at radius 2 is 2.03 bits per heavy atom. The molecule has 1 unspecified atom stereocenters. The molecule has 2 rings (SSSR count). The lowest BCUT2D eigenvalue weighted by atomic mass is 10.1. The van der Waals surface area contributed by atoms with Crippen molar-refractivity contribution in [2.24, 2.45) is 5.73 Å². The van der Waals surface area contributed by atoms with Crippen LogP contribution >= 0.6 is 11.6 Å². The number of nitrogens with one attached hydrogen (secondary N) is 2. The number of rotatable bonds is 6. The molecule has 0 saturated heterocycles. The summed E-state index contributed by atoms with van der Waals surface area (Å²) < 4.78 is 5.09. The fourth-order valence-electron chi connectivity index (χ4n) is 1.90. The van der Waals surface area contributed by atoms with E-state index in [-0.39, 0.29) is 6.10 Å². The Morgan fingerprint density at radius 3 is 2.43 bits per heavy atom. The molecule has 4 N–H and O–H groups in total. The topological polar surface area (TPSA) is 87.8 Å². The van der Waals surface area contributed by atoms with Gasteiger partial charge in [0.2, 0.25) is 0 Å². The zero-order chi connectivity index (χ0) is 23.1. The van der Waals surface area contributed by atoms with Crippen LogP contribution < -0.4 is 5.73 Å². The molecule has 1 aromatic heterocycles. The van der Waals surface area contributed by atoms with Gasteiger partial charge in [-0.2, -0.15) is 5.10 Å². The number of H-pyrrole nitrogens is 1. The molecule has 6 heteroatoms. The Hall–Kier alpha value is -2.81. The molecule has 0 radical (unpaired) electrons. The van der Waals surface area contributed by atoms with E-state index in [1.54, 1.807) is 31.4 Å². The third-order valence-electron chi connectivity index (χ3n) is 3.99. The van der Waals surface area contributed by atoms with Gasteiger partial charge in [0.25, 0.3) is 0 Å². The van der Waals surface area contributed by atoms with Gasteiger partial charge in [0.15, 0.2) is 0 Å². The molecule has 0 fully saturated rings. The summed E-state index contributed by atoms with van der Waals surface area (Å²) in [4.78, 5) is 0. The first-order valence-corrected chi connectivity index (χ1v) is 10.1. The molecule has 0 spiro atoms. The molecule has 0 aliphatic carbocycles. The van der Waals surface area contributed by atoms with Crippen LogP contribution in [0, 0.1) is 17.8 Å². The van der Waals surface area contributed by atoms with Crippen molar-refractivity contribution < 1.29 is 4.74 Å². The van der Waals surface area contributed by atoms with Crippen LogP contribution in [0.15, 0.2) is 43.0 Å². The van der Waals surface area contributed by atoms with Crippen LogP contribution in [0.5, 0.6) is 0 Å². The second-order valence-corrected chi connectivity index (χ2v) is 6.77. The average Bonchev–Trinajstić information content (AvgIpc) is 3.24. The maximum Gasteiger partial charge on any atom is 0.107 e. The van der Waals surface area contributed by atoms with Crippen LogP contribution in [0.2, 0.25) is 5.02 Å². The highest BCUT2D eigenvalue weighted by molar-refractivity contribution is 6.32. The molecule has 0 aliphatic rings. The first-order chi connectivity index (χ1) is 14.2. The highest BCUT2D eigenvalue weighted by Crippen LogP contribution is 2.17. The van der Waals surface area contributed by atoms with E-state index in [0.29, 0.717) is 27.7 Å². The quantitative estimate of drug-likeness (QED) is 0.382. The molecule has 0 saturated carbocycles. The number of hydrogen-bond acceptors (Lipinski definition) is 4. The molecule has 0 bridgehead atoms. The van der Waals surface area contributed by atoms with Crippen molar-refractivity contribution in [1.82, 2.24) is 10.2 Å². The predicted octanol–water partition coefficient (Wildman–Crippen LogP) is 6.12. The van der Waals surface area contributed by atoms with Crippen molar-refractivity contribution in [3.63, 3.8) is 0 Å². The lowest BCUT2D eigenvalue weighted by Crippen LogP contribution is -1.95. The van der Waals surface area contributed by atoms with Crippen LogP contribution in [0.1, 0.15) is 69.2 Å². The van der Waals surface area contributed by atoms with Crippen LogP contribution in [0.3, 0.4) is 0 Å². The SMILES string of the molecule is C#Cc1ccc(C(=N)/C=C\C)cc1Cl.C=C(N)c1cc(C(C)OC)[nH]n1.CCCC. The fraction of sp³-hybridized carbons (Fsp3) is 0.333. The number of aromatic amines is 1. The highest BCUT2D eigenvalue weighted by Gasteiger charge is 2.08. The summed E-state index contributed by atoms with van der Waals surface area (Å²) in [5.74, 6) is 2.47. The van der Waals surface area contributed by atoms with Crippen molar-refractivity contribution >= 4 is 23.0 Å². The Kier molecular flexibility index (Phi) is 13.7. The number of nitrogens with two attached hydrogens (primary N) is 1. The minimum atomic E-state index is 0.00519. The van der Waals surface area contributed by atoms with Gasteiger partial charge in [-0.25, -0.2) is 0 Å². The minimum absolute atomic E-state index is 0.00519. The van der Waals surface area contributed by atoms with Gasteiger partial charge in [0.1, 0.15) is 5.69 Å². The van der Waals surface area contributed by atoms with Gasteiger partial charge in [-0.3, -0.25) is 5.10 Å². The van der Waals surface area contributed by atoms with E-state index in [2.05, 4.69) is 36.5 Å². The summed E-state index contributed by atoms with van der Waals surface area (Å²) in [6.07, 6.45) is 11.4. The maximum atomic E-state index is 7.66. The number of hydrogen-bond donors (Lipinski definition) is 3. The van der Waals surface area contributed by atoms with E-state index in [1.165, 1.54) is 12.8 Å². The summed E-state index contributed by atoms with van der Waals surface area (Å²) in [6, 6.07) is 7.08. The molecule has 1 aromatic carbocycles. The molecule has 162 valence electrons. The molecule has 2 aromatic rings. The average molecular weight is 429 g/mol. The lowest BCUT2D eigenvalue weighted by Gasteiger charge is -2.04. The summed E-state index contributed by atoms with van der Waals surface area (Å²) in [7, 11) is 1.64.